The van der Waals surface area contributed by atoms with E-state index in [1.165, 1.54) is 4.90 Å². The van der Waals surface area contributed by atoms with E-state index in [4.69, 9.17) is 0 Å². The third-order valence-electron chi connectivity index (χ3n) is 11.5. The van der Waals surface area contributed by atoms with Crippen LogP contribution in [0.1, 0.15) is 132 Å². The van der Waals surface area contributed by atoms with Crippen LogP contribution in [0.3, 0.4) is 0 Å². The Morgan fingerprint density at radius 1 is 0.885 bits per heavy atom. The minimum absolute atomic E-state index is 0.0654. The molecule has 15 heteroatoms. The number of Topliss-reactive ketones (excluding diaryl/α,β-unsaturated/α-hetero) is 1. The van der Waals surface area contributed by atoms with E-state index in [0.717, 1.165) is 38.5 Å². The Bertz CT molecular complexity index is 1390. The van der Waals surface area contributed by atoms with E-state index in [-0.39, 0.29) is 37.1 Å². The molecule has 3 rings (SSSR count). The van der Waals surface area contributed by atoms with Gasteiger partial charge in [0.15, 0.2) is 9.84 Å². The number of nitrogens with zero attached hydrogens (tertiary/aromatic N) is 1. The molecule has 0 spiro atoms. The van der Waals surface area contributed by atoms with Gasteiger partial charge in [-0.2, -0.15) is 0 Å². The quantitative estimate of drug-likeness (QED) is 0.176. The normalized spacial score (nSPS) is 23.1. The highest BCUT2D eigenvalue weighted by atomic mass is 32.2. The highest BCUT2D eigenvalue weighted by Crippen LogP contribution is 2.41. The van der Waals surface area contributed by atoms with Gasteiger partial charge in [-0.1, -0.05) is 59.3 Å². The summed E-state index contributed by atoms with van der Waals surface area (Å²) in [5, 5.41) is 10.9. The van der Waals surface area contributed by atoms with Crippen LogP contribution in [-0.2, 0) is 29.0 Å². The summed E-state index contributed by atoms with van der Waals surface area (Å²) < 4.78 is 52.2. The summed E-state index contributed by atoms with van der Waals surface area (Å²) in [5.74, 6) is -3.49. The third kappa shape index (κ3) is 11.1. The van der Waals surface area contributed by atoms with Gasteiger partial charge in [0.1, 0.15) is 12.1 Å². The highest BCUT2D eigenvalue weighted by Gasteiger charge is 2.50. The van der Waals surface area contributed by atoms with Gasteiger partial charge in [0, 0.05) is 19.5 Å². The average Bonchev–Trinajstić information content (AvgIpc) is 3.51. The Labute approximate surface area is 309 Å². The summed E-state index contributed by atoms with van der Waals surface area (Å²) in [5.41, 5.74) is -1.67. The number of rotatable bonds is 15. The smallest absolute Gasteiger partial charge is 0.315 e. The highest BCUT2D eigenvalue weighted by molar-refractivity contribution is 7.92. The van der Waals surface area contributed by atoms with Crippen molar-refractivity contribution in [3.05, 3.63) is 0 Å². The first-order valence-corrected chi connectivity index (χ1v) is 20.8. The largest absolute Gasteiger partial charge is 0.350 e. The predicted molar refractivity (Wildman–Crippen MR) is 195 cm³/mol. The fourth-order valence-corrected chi connectivity index (χ4v) is 9.47. The van der Waals surface area contributed by atoms with Crippen LogP contribution in [0.5, 0.6) is 0 Å². The molecule has 3 aliphatic rings. The molecule has 1 saturated heterocycles. The molecule has 4 N–H and O–H groups in total. The molecule has 1 heterocycles. The van der Waals surface area contributed by atoms with E-state index in [9.17, 15) is 41.2 Å². The SMILES string of the molecule is CCNC(=O)C(=O)C(CCC(F)F)NC(=O)[C@@H]1C[C@@H](C(C)C)CN1C(=O)[C@@H](NC(=O)NC1(CS(=O)(=O)C(C)(C)C)CCCCC1)C1(C)CCCCC1. The number of ketones is 1. The molecule has 1 unspecified atom stereocenters. The topological polar surface area (TPSA) is 171 Å². The summed E-state index contributed by atoms with van der Waals surface area (Å²) in [6.07, 6.45) is 3.64. The molecule has 0 bridgehead atoms. The van der Waals surface area contributed by atoms with E-state index >= 15 is 0 Å². The molecular formula is C37H63F2N5O7S. The van der Waals surface area contributed by atoms with Gasteiger partial charge in [0.2, 0.25) is 24.0 Å². The fraction of sp³-hybridized carbons (Fsp3) is 0.865. The molecule has 0 aromatic heterocycles. The predicted octanol–water partition coefficient (Wildman–Crippen LogP) is 4.65. The summed E-state index contributed by atoms with van der Waals surface area (Å²) in [6, 6.07) is -4.27. The third-order valence-corrected chi connectivity index (χ3v) is 14.3. The van der Waals surface area contributed by atoms with Crippen molar-refractivity contribution in [3.63, 3.8) is 0 Å². The summed E-state index contributed by atoms with van der Waals surface area (Å²) in [6.45, 7) is 12.7. The van der Waals surface area contributed by atoms with E-state index in [0.29, 0.717) is 25.7 Å². The summed E-state index contributed by atoms with van der Waals surface area (Å²) in [4.78, 5) is 69.6. The van der Waals surface area contributed by atoms with Gasteiger partial charge in [-0.25, -0.2) is 22.0 Å². The molecule has 5 amide bonds. The van der Waals surface area contributed by atoms with E-state index in [2.05, 4.69) is 21.3 Å². The molecule has 1 aliphatic heterocycles. The van der Waals surface area contributed by atoms with Crippen molar-refractivity contribution in [3.8, 4) is 0 Å². The van der Waals surface area contributed by atoms with Gasteiger partial charge in [0.25, 0.3) is 5.91 Å². The number of hydrogen-bond acceptors (Lipinski definition) is 7. The molecule has 0 aromatic rings. The number of nitrogens with one attached hydrogen (secondary N) is 4. The van der Waals surface area contributed by atoms with Crippen molar-refractivity contribution in [2.24, 2.45) is 17.3 Å². The number of hydrogen-bond donors (Lipinski definition) is 4. The first-order valence-electron chi connectivity index (χ1n) is 19.2. The molecule has 2 saturated carbocycles. The van der Waals surface area contributed by atoms with Crippen LogP contribution < -0.4 is 21.3 Å². The van der Waals surface area contributed by atoms with E-state index in [1.54, 1.807) is 27.7 Å². The van der Waals surface area contributed by atoms with Crippen molar-refractivity contribution < 1.29 is 41.2 Å². The number of alkyl halides is 2. The number of amides is 5. The lowest BCUT2D eigenvalue weighted by Gasteiger charge is -2.44. The zero-order chi connectivity index (χ0) is 39.1. The molecular weight excluding hydrogens is 696 g/mol. The van der Waals surface area contributed by atoms with E-state index in [1.807, 2.05) is 20.8 Å². The van der Waals surface area contributed by atoms with Crippen molar-refractivity contribution in [2.45, 2.75) is 167 Å². The Kier molecular flexibility index (Phi) is 15.1. The molecule has 12 nitrogen and oxygen atoms in total. The van der Waals surface area contributed by atoms with Crippen LogP contribution in [0.25, 0.3) is 0 Å². The van der Waals surface area contributed by atoms with Crippen LogP contribution >= 0.6 is 0 Å². The van der Waals surface area contributed by atoms with Crippen LogP contribution in [0.4, 0.5) is 13.6 Å². The molecule has 52 heavy (non-hydrogen) atoms. The number of carbonyl (C=O) groups is 5. The van der Waals surface area contributed by atoms with Crippen molar-refractivity contribution >= 4 is 39.4 Å². The lowest BCUT2D eigenvalue weighted by molar-refractivity contribution is -0.144. The van der Waals surface area contributed by atoms with Gasteiger partial charge in [-0.15, -0.1) is 0 Å². The van der Waals surface area contributed by atoms with Crippen molar-refractivity contribution in [2.75, 3.05) is 18.8 Å². The Hall–Kier alpha value is -2.84. The minimum atomic E-state index is -3.61. The monoisotopic (exact) mass is 759 g/mol. The summed E-state index contributed by atoms with van der Waals surface area (Å²) in [7, 11) is -3.61. The maximum absolute atomic E-state index is 14.8. The second-order valence-electron chi connectivity index (χ2n) is 17.0. The van der Waals surface area contributed by atoms with Gasteiger partial charge < -0.3 is 26.2 Å². The zero-order valence-electron chi connectivity index (χ0n) is 32.2. The minimum Gasteiger partial charge on any atom is -0.350 e. The maximum Gasteiger partial charge on any atom is 0.315 e. The van der Waals surface area contributed by atoms with Gasteiger partial charge in [-0.05, 0) is 83.5 Å². The lowest BCUT2D eigenvalue weighted by atomic mass is 9.70. The first-order chi connectivity index (χ1) is 24.1. The van der Waals surface area contributed by atoms with Crippen molar-refractivity contribution in [1.82, 2.24) is 26.2 Å². The second-order valence-corrected chi connectivity index (χ2v) is 19.7. The Balaban J connectivity index is 1.95. The number of halogens is 2. The standard InChI is InChI=1S/C37H63F2N5O7S/c1-8-40-32(47)29(45)26(15-16-28(38)39)41-31(46)27-21-25(24(2)3)22-44(27)33(48)30(36(7)17-11-9-12-18-36)42-34(49)43-37(19-13-10-14-20-37)23-52(50,51)35(4,5)6/h24-28,30H,8-23H2,1-7H3,(H,40,47)(H,41,46)(H2,42,43,49)/t25-,26?,27+,30-/m1/s1. The zero-order valence-corrected chi connectivity index (χ0v) is 33.1. The molecule has 0 radical (unpaired) electrons. The second kappa shape index (κ2) is 18.0. The molecule has 298 valence electrons. The van der Waals surface area contributed by atoms with Crippen LogP contribution in [0.15, 0.2) is 0 Å². The molecule has 3 fully saturated rings. The molecule has 2 aliphatic carbocycles. The fourth-order valence-electron chi connectivity index (χ4n) is 7.95. The van der Waals surface area contributed by atoms with Crippen molar-refractivity contribution in [1.29, 1.82) is 0 Å². The summed E-state index contributed by atoms with van der Waals surface area (Å²) >= 11 is 0. The number of sulfone groups is 1. The molecule has 0 aromatic carbocycles. The van der Waals surface area contributed by atoms with E-state index < -0.39 is 92.5 Å². The maximum atomic E-state index is 14.8. The number of likely N-dealkylation sites (tertiary alicyclic amines) is 1. The molecule has 4 atom stereocenters. The number of likely N-dealkylation sites (N-methyl/N-ethyl adjacent to an activating group) is 1. The Morgan fingerprint density at radius 3 is 1.98 bits per heavy atom. The number of urea groups is 1. The number of carbonyl (C=O) groups excluding carboxylic acids is 5. The first kappa shape index (κ1) is 43.6. The lowest BCUT2D eigenvalue weighted by Crippen LogP contribution is -2.64. The average molecular weight is 760 g/mol. The van der Waals surface area contributed by atoms with Gasteiger partial charge in [-0.3, -0.25) is 19.2 Å². The van der Waals surface area contributed by atoms with Crippen LogP contribution in [-0.4, -0.2) is 96.5 Å². The van der Waals surface area contributed by atoms with Gasteiger partial charge in [0.05, 0.1) is 22.1 Å². The van der Waals surface area contributed by atoms with Gasteiger partial charge >= 0.3 is 6.03 Å². The van der Waals surface area contributed by atoms with Crippen LogP contribution in [0, 0.1) is 17.3 Å². The Morgan fingerprint density at radius 2 is 1.46 bits per heavy atom. The van der Waals surface area contributed by atoms with Crippen LogP contribution in [0.2, 0.25) is 0 Å².